The molecule has 0 bridgehead atoms. The molecule has 1 aromatic rings. The van der Waals surface area contributed by atoms with Gasteiger partial charge in [0.25, 0.3) is 0 Å². The largest absolute Gasteiger partial charge is 0.329 e. The first-order chi connectivity index (χ1) is 6.68. The lowest BCUT2D eigenvalue weighted by Crippen LogP contribution is -2.26. The molecule has 1 heterocycles. The first-order valence-electron chi connectivity index (χ1n) is 5.08. The topological polar surface area (TPSA) is 43.8 Å². The van der Waals surface area contributed by atoms with Crippen LogP contribution in [0.5, 0.6) is 0 Å². The van der Waals surface area contributed by atoms with E-state index in [1.807, 2.05) is 31.2 Å². The van der Waals surface area contributed by atoms with Crippen LogP contribution in [-0.2, 0) is 7.05 Å². The van der Waals surface area contributed by atoms with Crippen molar-refractivity contribution in [2.75, 3.05) is 0 Å². The van der Waals surface area contributed by atoms with Gasteiger partial charge in [-0.25, -0.2) is 4.98 Å². The van der Waals surface area contributed by atoms with E-state index in [2.05, 4.69) is 16.5 Å². The smallest absolute Gasteiger partial charge is 0.167 e. The highest BCUT2D eigenvalue weighted by Crippen LogP contribution is 2.37. The lowest BCUT2D eigenvalue weighted by Gasteiger charge is -2.16. The van der Waals surface area contributed by atoms with Crippen molar-refractivity contribution in [2.24, 2.45) is 18.7 Å². The van der Waals surface area contributed by atoms with Crippen LogP contribution in [0.25, 0.3) is 0 Å². The number of hydrogen-bond donors (Lipinski definition) is 1. The minimum absolute atomic E-state index is 0.382. The van der Waals surface area contributed by atoms with Crippen LogP contribution < -0.4 is 5.73 Å². The molecule has 0 spiro atoms. The van der Waals surface area contributed by atoms with Crippen molar-refractivity contribution in [3.63, 3.8) is 0 Å². The van der Waals surface area contributed by atoms with E-state index >= 15 is 0 Å². The number of nitrogens with zero attached hydrogens (tertiary/aromatic N) is 2. The van der Waals surface area contributed by atoms with Gasteiger partial charge in [-0.2, -0.15) is 0 Å². The maximum Gasteiger partial charge on any atom is 0.167 e. The predicted octanol–water partition coefficient (Wildman–Crippen LogP) is 1.64. The van der Waals surface area contributed by atoms with Gasteiger partial charge in [-0.1, -0.05) is 18.7 Å². The molecule has 78 valence electrons. The lowest BCUT2D eigenvalue weighted by atomic mass is 10.1. The second-order valence-electron chi connectivity index (χ2n) is 4.08. The summed E-state index contributed by atoms with van der Waals surface area (Å²) in [7, 11) is 2.04. The minimum atomic E-state index is 0.382. The molecular formula is C10H17N3S. The fourth-order valence-corrected chi connectivity index (χ4v) is 3.22. The Morgan fingerprint density at radius 2 is 2.36 bits per heavy atom. The molecule has 0 aliphatic heterocycles. The van der Waals surface area contributed by atoms with E-state index in [1.54, 1.807) is 0 Å². The summed E-state index contributed by atoms with van der Waals surface area (Å²) in [6, 6.07) is 0.382. The molecule has 2 rings (SSSR count). The van der Waals surface area contributed by atoms with Gasteiger partial charge in [-0.05, 0) is 18.8 Å². The quantitative estimate of drug-likeness (QED) is 0.808. The summed E-state index contributed by atoms with van der Waals surface area (Å²) in [5.41, 5.74) is 6.00. The van der Waals surface area contributed by atoms with Crippen molar-refractivity contribution in [1.29, 1.82) is 0 Å². The average Bonchev–Trinajstić information content (AvgIpc) is 2.68. The zero-order chi connectivity index (χ0) is 10.1. The van der Waals surface area contributed by atoms with Gasteiger partial charge in [0.1, 0.15) is 0 Å². The molecule has 1 saturated carbocycles. The monoisotopic (exact) mass is 211 g/mol. The summed E-state index contributed by atoms with van der Waals surface area (Å²) in [4.78, 5) is 4.32. The van der Waals surface area contributed by atoms with Crippen LogP contribution in [0.1, 0.15) is 19.8 Å². The van der Waals surface area contributed by atoms with Crippen molar-refractivity contribution >= 4 is 11.8 Å². The second-order valence-corrected chi connectivity index (χ2v) is 5.28. The molecule has 3 atom stereocenters. The van der Waals surface area contributed by atoms with E-state index in [0.717, 1.165) is 11.6 Å². The molecule has 0 aromatic carbocycles. The first kappa shape index (κ1) is 10.1. The van der Waals surface area contributed by atoms with Gasteiger partial charge in [-0.15, -0.1) is 0 Å². The summed E-state index contributed by atoms with van der Waals surface area (Å²) in [6.45, 7) is 2.25. The number of hydrogen-bond acceptors (Lipinski definition) is 3. The van der Waals surface area contributed by atoms with E-state index in [4.69, 9.17) is 5.73 Å². The van der Waals surface area contributed by atoms with Gasteiger partial charge < -0.3 is 10.3 Å². The van der Waals surface area contributed by atoms with E-state index < -0.39 is 0 Å². The Morgan fingerprint density at radius 3 is 2.86 bits per heavy atom. The highest BCUT2D eigenvalue weighted by atomic mass is 32.2. The molecule has 0 saturated heterocycles. The maximum absolute atomic E-state index is 6.00. The average molecular weight is 211 g/mol. The fourth-order valence-electron chi connectivity index (χ4n) is 1.93. The lowest BCUT2D eigenvalue weighted by molar-refractivity contribution is 0.534. The van der Waals surface area contributed by atoms with E-state index in [1.165, 1.54) is 6.42 Å². The minimum Gasteiger partial charge on any atom is -0.329 e. The van der Waals surface area contributed by atoms with E-state index in [0.29, 0.717) is 17.2 Å². The molecule has 0 radical (unpaired) electrons. The van der Waals surface area contributed by atoms with Crippen molar-refractivity contribution in [1.82, 2.24) is 9.55 Å². The van der Waals surface area contributed by atoms with Crippen LogP contribution in [0.15, 0.2) is 17.6 Å². The van der Waals surface area contributed by atoms with E-state index in [9.17, 15) is 0 Å². The predicted molar refractivity (Wildman–Crippen MR) is 59.2 cm³/mol. The van der Waals surface area contributed by atoms with Crippen LogP contribution in [0.3, 0.4) is 0 Å². The highest BCUT2D eigenvalue weighted by Gasteiger charge is 2.31. The SMILES string of the molecule is CC1C(N)CCC1Sc1nccn1C. The van der Waals surface area contributed by atoms with Gasteiger partial charge in [0, 0.05) is 30.7 Å². The molecule has 3 nitrogen and oxygen atoms in total. The van der Waals surface area contributed by atoms with Crippen LogP contribution in [0, 0.1) is 5.92 Å². The van der Waals surface area contributed by atoms with E-state index in [-0.39, 0.29) is 0 Å². The highest BCUT2D eigenvalue weighted by molar-refractivity contribution is 7.99. The van der Waals surface area contributed by atoms with Gasteiger partial charge in [0.05, 0.1) is 0 Å². The summed E-state index contributed by atoms with van der Waals surface area (Å²) in [6.07, 6.45) is 6.22. The maximum atomic E-state index is 6.00. The Bertz CT molecular complexity index is 310. The van der Waals surface area contributed by atoms with Gasteiger partial charge in [0.2, 0.25) is 0 Å². The normalized spacial score (nSPS) is 32.4. The molecular weight excluding hydrogens is 194 g/mol. The van der Waals surface area contributed by atoms with Crippen molar-refractivity contribution in [3.05, 3.63) is 12.4 Å². The van der Waals surface area contributed by atoms with Gasteiger partial charge >= 0.3 is 0 Å². The molecule has 1 aromatic heterocycles. The van der Waals surface area contributed by atoms with Gasteiger partial charge in [-0.3, -0.25) is 0 Å². The standard InChI is InChI=1S/C10H17N3S/c1-7-8(11)3-4-9(7)14-10-12-5-6-13(10)2/h5-9H,3-4,11H2,1-2H3. The summed E-state index contributed by atoms with van der Waals surface area (Å²) in [5.74, 6) is 0.608. The molecule has 0 amide bonds. The summed E-state index contributed by atoms with van der Waals surface area (Å²) < 4.78 is 2.07. The van der Waals surface area contributed by atoms with Gasteiger partial charge in [0.15, 0.2) is 5.16 Å². The first-order valence-corrected chi connectivity index (χ1v) is 5.96. The molecule has 4 heteroatoms. The summed E-state index contributed by atoms with van der Waals surface area (Å²) in [5, 5.41) is 1.75. The third-order valence-corrected chi connectivity index (χ3v) is 4.65. The van der Waals surface area contributed by atoms with Crippen LogP contribution in [-0.4, -0.2) is 20.8 Å². The van der Waals surface area contributed by atoms with Crippen LogP contribution in [0.4, 0.5) is 0 Å². The Hall–Kier alpha value is -0.480. The molecule has 1 fully saturated rings. The number of thioether (sulfide) groups is 1. The molecule has 1 aliphatic carbocycles. The number of aryl methyl sites for hydroxylation is 1. The Balaban J connectivity index is 2.02. The third kappa shape index (κ3) is 1.81. The molecule has 14 heavy (non-hydrogen) atoms. The van der Waals surface area contributed by atoms with Crippen LogP contribution in [0.2, 0.25) is 0 Å². The zero-order valence-corrected chi connectivity index (χ0v) is 9.50. The Kier molecular flexibility index (Phi) is 2.83. The number of rotatable bonds is 2. The zero-order valence-electron chi connectivity index (χ0n) is 8.68. The molecule has 1 aliphatic rings. The van der Waals surface area contributed by atoms with Crippen molar-refractivity contribution < 1.29 is 0 Å². The molecule has 3 unspecified atom stereocenters. The van der Waals surface area contributed by atoms with Crippen molar-refractivity contribution in [3.8, 4) is 0 Å². The molecule has 2 N–H and O–H groups in total. The van der Waals surface area contributed by atoms with Crippen LogP contribution >= 0.6 is 11.8 Å². The van der Waals surface area contributed by atoms with Crippen molar-refractivity contribution in [2.45, 2.75) is 36.2 Å². The number of aromatic nitrogens is 2. The third-order valence-electron chi connectivity index (χ3n) is 3.08. The number of nitrogens with two attached hydrogens (primary N) is 1. The number of imidazole rings is 1. The Morgan fingerprint density at radius 1 is 1.57 bits per heavy atom. The summed E-state index contributed by atoms with van der Waals surface area (Å²) >= 11 is 1.87. The fraction of sp³-hybridized carbons (Fsp3) is 0.700. The Labute approximate surface area is 89.1 Å². The second kappa shape index (κ2) is 3.95.